The van der Waals surface area contributed by atoms with E-state index in [4.69, 9.17) is 17.9 Å². The van der Waals surface area contributed by atoms with Crippen LogP contribution in [0.5, 0.6) is 11.5 Å². The summed E-state index contributed by atoms with van der Waals surface area (Å²) in [5, 5.41) is 2.05. The third-order valence-corrected chi connectivity index (χ3v) is 16.9. The van der Waals surface area contributed by atoms with Gasteiger partial charge in [-0.1, -0.05) is 237 Å². The smallest absolute Gasteiger partial charge is 0.268 e. The molecule has 6 heteroatoms. The molecule has 15 rings (SSSR count). The van der Waals surface area contributed by atoms with Crippen molar-refractivity contribution >= 4 is 32.8 Å². The van der Waals surface area contributed by atoms with Gasteiger partial charge in [-0.3, -0.25) is 4.57 Å². The van der Waals surface area contributed by atoms with Gasteiger partial charge in [0, 0.05) is 44.3 Å². The number of para-hydroxylation sites is 3. The van der Waals surface area contributed by atoms with Gasteiger partial charge >= 0.3 is 0 Å². The molecule has 1 aliphatic heterocycles. The zero-order chi connectivity index (χ0) is 72.2. The van der Waals surface area contributed by atoms with Gasteiger partial charge in [0.1, 0.15) is 5.82 Å². The molecule has 0 aliphatic carbocycles. The zero-order valence-electron chi connectivity index (χ0n) is 64.2. The Kier molecular flexibility index (Phi) is 11.1. The number of rotatable bonds is 8. The van der Waals surface area contributed by atoms with Gasteiger partial charge < -0.3 is 13.9 Å². The topological polar surface area (TPSA) is 35.9 Å². The van der Waals surface area contributed by atoms with E-state index in [1.165, 1.54) is 0 Å². The molecular formula is C84H68N4OPt-2. The summed E-state index contributed by atoms with van der Waals surface area (Å²) in [4.78, 5) is 4.89. The van der Waals surface area contributed by atoms with Gasteiger partial charge in [0.15, 0.2) is 0 Å². The van der Waals surface area contributed by atoms with Gasteiger partial charge in [0.2, 0.25) is 0 Å². The van der Waals surface area contributed by atoms with Crippen LogP contribution in [0.1, 0.15) is 96.8 Å². The summed E-state index contributed by atoms with van der Waals surface area (Å²) >= 11 is 0. The van der Waals surface area contributed by atoms with Gasteiger partial charge in [-0.15, -0.1) is 29.7 Å². The molecule has 0 bridgehead atoms. The van der Waals surface area contributed by atoms with E-state index in [2.05, 4.69) is 163 Å². The van der Waals surface area contributed by atoms with Crippen molar-refractivity contribution in [3.63, 3.8) is 0 Å². The number of aromatic nitrogens is 4. The number of benzene rings is 11. The molecule has 0 saturated carbocycles. The molecule has 11 aromatic carbocycles. The number of ether oxygens (including phenoxy) is 1. The fraction of sp³-hybridized carbons (Fsp3) is 0.143. The first kappa shape index (κ1) is 44.7. The second-order valence-electron chi connectivity index (χ2n) is 25.8. The minimum absolute atomic E-state index is 0. The van der Waals surface area contributed by atoms with Crippen LogP contribution >= 0.6 is 0 Å². The summed E-state index contributed by atoms with van der Waals surface area (Å²) in [6, 6.07) is 53.0. The van der Waals surface area contributed by atoms with E-state index in [1.54, 1.807) is 6.07 Å². The molecule has 14 aromatic rings. The molecule has 0 spiro atoms. The van der Waals surface area contributed by atoms with Crippen molar-refractivity contribution in [3.8, 4) is 107 Å². The van der Waals surface area contributed by atoms with Gasteiger partial charge in [0.25, 0.3) is 6.33 Å². The molecule has 0 atom stereocenters. The van der Waals surface area contributed by atoms with Gasteiger partial charge in [0.05, 0.1) is 34.5 Å². The Bertz CT molecular complexity index is 5750. The average molecular weight is 1360 g/mol. The van der Waals surface area contributed by atoms with E-state index in [9.17, 15) is 9.60 Å². The Morgan fingerprint density at radius 3 is 1.69 bits per heavy atom. The van der Waals surface area contributed by atoms with Crippen molar-refractivity contribution < 1.29 is 48.2 Å². The number of hydrogen-bond donors (Lipinski definition) is 0. The largest absolute Gasteiger partial charge is 0.510 e. The van der Waals surface area contributed by atoms with Crippen molar-refractivity contribution in [2.75, 3.05) is 0 Å². The van der Waals surface area contributed by atoms with Crippen LogP contribution in [-0.2, 0) is 37.3 Å². The second kappa shape index (κ2) is 22.4. The minimum Gasteiger partial charge on any atom is -0.510 e. The Labute approximate surface area is 561 Å². The first-order chi connectivity index (χ1) is 48.4. The van der Waals surface area contributed by atoms with E-state index in [0.717, 1.165) is 88.7 Å². The van der Waals surface area contributed by atoms with Crippen LogP contribution in [-0.4, -0.2) is 14.1 Å². The van der Waals surface area contributed by atoms with Gasteiger partial charge in [-0.2, -0.15) is 18.2 Å². The van der Waals surface area contributed by atoms with Crippen LogP contribution in [0.15, 0.2) is 249 Å². The summed E-state index contributed by atoms with van der Waals surface area (Å²) in [6.07, 6.45) is 5.74. The maximum Gasteiger partial charge on any atom is 0.268 e. The molecule has 0 amide bonds. The molecule has 5 nitrogen and oxygen atoms in total. The summed E-state index contributed by atoms with van der Waals surface area (Å²) in [5.74, 6) is 1.65. The molecule has 4 heterocycles. The van der Waals surface area contributed by atoms with E-state index >= 15 is 0 Å². The van der Waals surface area contributed by atoms with Crippen LogP contribution < -0.4 is 9.30 Å². The predicted octanol–water partition coefficient (Wildman–Crippen LogP) is 21.5. The third kappa shape index (κ3) is 10.4. The first-order valence-corrected chi connectivity index (χ1v) is 29.9. The minimum atomic E-state index is -0.738. The molecule has 0 unspecified atom stereocenters. The van der Waals surface area contributed by atoms with Crippen LogP contribution in [0.3, 0.4) is 0 Å². The van der Waals surface area contributed by atoms with Crippen molar-refractivity contribution in [2.24, 2.45) is 0 Å². The fourth-order valence-corrected chi connectivity index (χ4v) is 12.2. The van der Waals surface area contributed by atoms with Crippen LogP contribution in [0, 0.1) is 18.5 Å². The van der Waals surface area contributed by atoms with Crippen LogP contribution in [0.25, 0.3) is 128 Å². The quantitative estimate of drug-likeness (QED) is 0.112. The Hall–Kier alpha value is -9.67. The summed E-state index contributed by atoms with van der Waals surface area (Å²) in [6.45, 7) is 19.8. The molecule has 0 saturated heterocycles. The van der Waals surface area contributed by atoms with Crippen LogP contribution in [0.2, 0.25) is 0 Å². The SMILES string of the molecule is [2H]c1c([2H])c([2H])c(-c2c([2H])c(-c3ccc4c(c3)-c3cccc(-c5cc(C(C)(C)C)cc(C(C)(C)C)c5)c3-[n+]3[c-]n(-c5[c-]c(Oc6[c-]c7c(cc6)c6ccccc6n7-c6cc(C(C)(C)C)ccn6)ccc5)c5cccc(c53)-c3ccccc3-4)c([2H])c(-c3c([2H])c([2H])c([2H])c([2H])c3[2H])c2[2H])c([2H])c1[2H].[Pt]. The van der Waals surface area contributed by atoms with E-state index < -0.39 is 101 Å². The number of fused-ring (bicyclic) bond motifs is 10. The molecule has 442 valence electrons. The summed E-state index contributed by atoms with van der Waals surface area (Å²) in [5.41, 5.74) is 11.7. The standard InChI is InChI=1S/C84H68N4O.Pt/c1-82(2,3)61-41-42-85-79(50-61)88-76-35-19-18-31-71(76)72-40-38-66(52-78(72)88)89-65-28-20-27-64(51-65)86-53-87-80-67(60-46-62(83(4,5)6)49-63(47-60)84(7,8)9)32-21-33-74(80)75-48-56(37-39-70(75)68-29-16-17-30-69(68)73-34-22-36-77(86)81(73)87)59-44-57(54-23-12-10-13-24-54)43-58(45-59)55-25-14-11-15-26-55;/h10-50H,1-9H3;/q-2;/i10D,11D,12D,13D,14D,15D,23D,24D,25D,26D,43D,44D,45D;. The molecular weight excluding hydrogens is 1280 g/mol. The Morgan fingerprint density at radius 2 is 1.00 bits per heavy atom. The number of pyridine rings is 1. The molecule has 3 aromatic heterocycles. The fourth-order valence-electron chi connectivity index (χ4n) is 12.2. The summed E-state index contributed by atoms with van der Waals surface area (Å²) in [7, 11) is 0. The molecule has 1 aliphatic rings. The monoisotopic (exact) mass is 1360 g/mol. The van der Waals surface area contributed by atoms with Crippen molar-refractivity contribution in [2.45, 2.75) is 78.6 Å². The van der Waals surface area contributed by atoms with Crippen molar-refractivity contribution in [3.05, 3.63) is 284 Å². The molecule has 0 radical (unpaired) electrons. The van der Waals surface area contributed by atoms with Crippen LogP contribution in [0.4, 0.5) is 0 Å². The maximum absolute atomic E-state index is 10.2. The van der Waals surface area contributed by atoms with E-state index in [-0.39, 0.29) is 48.4 Å². The van der Waals surface area contributed by atoms with Gasteiger partial charge in [-0.25, -0.2) is 4.98 Å². The number of imidazole rings is 1. The van der Waals surface area contributed by atoms with E-state index in [1.807, 2.05) is 95.7 Å². The van der Waals surface area contributed by atoms with Crippen molar-refractivity contribution in [1.82, 2.24) is 14.1 Å². The maximum atomic E-state index is 10.2. The first-order valence-electron chi connectivity index (χ1n) is 36.4. The molecule has 90 heavy (non-hydrogen) atoms. The molecule has 0 fully saturated rings. The van der Waals surface area contributed by atoms with E-state index in [0.29, 0.717) is 34.0 Å². The third-order valence-electron chi connectivity index (χ3n) is 16.9. The normalized spacial score (nSPS) is 14.2. The predicted molar refractivity (Wildman–Crippen MR) is 368 cm³/mol. The summed E-state index contributed by atoms with van der Waals surface area (Å²) < 4.78 is 132. The van der Waals surface area contributed by atoms with Gasteiger partial charge in [-0.05, 0) is 164 Å². The molecule has 0 N–H and O–H groups in total. The average Bonchev–Trinajstić information content (AvgIpc) is 1.05. The Balaban J connectivity index is 0.00000897. The second-order valence-corrected chi connectivity index (χ2v) is 25.8. The van der Waals surface area contributed by atoms with Crippen molar-refractivity contribution in [1.29, 1.82) is 0 Å². The Morgan fingerprint density at radius 1 is 0.433 bits per heavy atom. The number of hydrogen-bond acceptors (Lipinski definition) is 2. The zero-order valence-corrected chi connectivity index (χ0v) is 53.5. The number of nitrogens with zero attached hydrogens (tertiary/aromatic N) is 4.